The molecule has 0 aromatic heterocycles. The van der Waals surface area contributed by atoms with E-state index in [4.69, 9.17) is 0 Å². The topological polar surface area (TPSA) is 0 Å². The summed E-state index contributed by atoms with van der Waals surface area (Å²) in [6.45, 7) is 4.25. The zero-order valence-electron chi connectivity index (χ0n) is 3.93. The Morgan fingerprint density at radius 2 is 0.833 bits per heavy atom. The van der Waals surface area contributed by atoms with Crippen molar-refractivity contribution in [3.8, 4) is 0 Å². The molecule has 3 heteroatoms. The Balaban J connectivity index is -0.00000000667. The molecule has 0 saturated carbocycles. The van der Waals surface area contributed by atoms with Crippen LogP contribution in [0.2, 0.25) is 0 Å². The maximum Gasteiger partial charge on any atom is -0.0590 e. The molecule has 0 rings (SSSR count). The van der Waals surface area contributed by atoms with E-state index in [1.165, 1.54) is 6.42 Å². The lowest BCUT2D eigenvalue weighted by molar-refractivity contribution is 1.09. The largest absolute Gasteiger partial charge is 0.147 e. The van der Waals surface area contributed by atoms with Gasteiger partial charge < -0.3 is 0 Å². The number of rotatable bonds is 0. The van der Waals surface area contributed by atoms with E-state index in [9.17, 15) is 0 Å². The first-order valence-electron chi connectivity index (χ1n) is 1.41. The van der Waals surface area contributed by atoms with Crippen LogP contribution in [0.4, 0.5) is 0 Å². The van der Waals surface area contributed by atoms with Crippen molar-refractivity contribution in [3.05, 3.63) is 0 Å². The van der Waals surface area contributed by atoms with Gasteiger partial charge in [0.25, 0.3) is 0 Å². The summed E-state index contributed by atoms with van der Waals surface area (Å²) in [6.07, 6.45) is 1.25. The Labute approximate surface area is 57.9 Å². The molecule has 0 aromatic rings. The molecule has 0 N–H and O–H groups in total. The predicted octanol–water partition coefficient (Wildman–Crippen LogP) is 2.68. The molecule has 0 aromatic carbocycles. The molecule has 0 aliphatic carbocycles. The summed E-state index contributed by atoms with van der Waals surface area (Å²) in [5.74, 6) is 0. The second-order valence-corrected chi connectivity index (χ2v) is 0.707. The third-order valence-electron chi connectivity index (χ3n) is 0. The minimum atomic E-state index is 0. The van der Waals surface area contributed by atoms with Crippen molar-refractivity contribution in [2.45, 2.75) is 20.3 Å². The Morgan fingerprint density at radius 1 is 0.833 bits per heavy atom. The maximum absolute atomic E-state index is 2.12. The third-order valence-corrected chi connectivity index (χ3v) is 0. The van der Waals surface area contributed by atoms with Crippen molar-refractivity contribution in [1.82, 2.24) is 0 Å². The van der Waals surface area contributed by atoms with Gasteiger partial charge in [-0.15, -0.1) is 37.2 Å². The lowest BCUT2D eigenvalue weighted by Gasteiger charge is -1.48. The first kappa shape index (κ1) is 28.7. The van der Waals surface area contributed by atoms with Crippen LogP contribution in [0.15, 0.2) is 0 Å². The fourth-order valence-electron chi connectivity index (χ4n) is 0. The Bertz CT molecular complexity index is 6.00. The molecular weight excluding hydrogens is 142 g/mol. The molecular formula is C3H11Cl3. The smallest absolute Gasteiger partial charge is 0.0590 e. The highest BCUT2D eigenvalue weighted by Gasteiger charge is 1.35. The van der Waals surface area contributed by atoms with Gasteiger partial charge in [0, 0.05) is 0 Å². The van der Waals surface area contributed by atoms with E-state index in [0.717, 1.165) is 0 Å². The Morgan fingerprint density at radius 3 is 0.833 bits per heavy atom. The molecule has 0 heterocycles. The highest BCUT2D eigenvalue weighted by atomic mass is 35.5. The Hall–Kier alpha value is 0.870. The van der Waals surface area contributed by atoms with Crippen LogP contribution >= 0.6 is 37.2 Å². The third kappa shape index (κ3) is 96.4. The number of hydrogen-bond donors (Lipinski definition) is 0. The van der Waals surface area contributed by atoms with E-state index >= 15 is 0 Å². The van der Waals surface area contributed by atoms with Gasteiger partial charge in [0.05, 0.1) is 0 Å². The van der Waals surface area contributed by atoms with Gasteiger partial charge in [-0.3, -0.25) is 0 Å². The van der Waals surface area contributed by atoms with Crippen molar-refractivity contribution in [2.24, 2.45) is 0 Å². The zero-order valence-corrected chi connectivity index (χ0v) is 6.38. The predicted molar refractivity (Wildman–Crippen MR) is 37.7 cm³/mol. The summed E-state index contributed by atoms with van der Waals surface area (Å²) < 4.78 is 0. The van der Waals surface area contributed by atoms with Gasteiger partial charge in [-0.05, 0) is 0 Å². The van der Waals surface area contributed by atoms with E-state index in [2.05, 4.69) is 13.8 Å². The molecule has 0 bridgehead atoms. The lowest BCUT2D eigenvalue weighted by Crippen LogP contribution is -1.27. The van der Waals surface area contributed by atoms with Gasteiger partial charge in [0.1, 0.15) is 0 Å². The highest BCUT2D eigenvalue weighted by molar-refractivity contribution is 5.86. The number of halogens is 3. The normalized spacial score (nSPS) is 3.00. The second-order valence-electron chi connectivity index (χ2n) is 0.707. The van der Waals surface area contributed by atoms with E-state index in [0.29, 0.717) is 0 Å². The molecule has 0 aliphatic rings. The van der Waals surface area contributed by atoms with E-state index in [-0.39, 0.29) is 37.2 Å². The first-order valence-corrected chi connectivity index (χ1v) is 1.41. The lowest BCUT2D eigenvalue weighted by atomic mass is 10.6. The van der Waals surface area contributed by atoms with Crippen molar-refractivity contribution >= 4 is 37.2 Å². The fraction of sp³-hybridized carbons (Fsp3) is 1.00. The molecule has 0 saturated heterocycles. The van der Waals surface area contributed by atoms with E-state index in [1.807, 2.05) is 0 Å². The van der Waals surface area contributed by atoms with Crippen LogP contribution in [0.5, 0.6) is 0 Å². The molecule has 6 heavy (non-hydrogen) atoms. The van der Waals surface area contributed by atoms with E-state index < -0.39 is 0 Å². The van der Waals surface area contributed by atoms with Crippen molar-refractivity contribution < 1.29 is 0 Å². The highest BCUT2D eigenvalue weighted by Crippen LogP contribution is 1.56. The summed E-state index contributed by atoms with van der Waals surface area (Å²) in [5.41, 5.74) is 0. The second kappa shape index (κ2) is 39.8. The van der Waals surface area contributed by atoms with Crippen LogP contribution in [-0.4, -0.2) is 0 Å². The zero-order chi connectivity index (χ0) is 2.71. The summed E-state index contributed by atoms with van der Waals surface area (Å²) in [7, 11) is 0. The molecule has 0 fully saturated rings. The molecule has 0 unspecified atom stereocenters. The average Bonchev–Trinajstić information content (AvgIpc) is 0.918. The molecule has 44 valence electrons. The van der Waals surface area contributed by atoms with Crippen molar-refractivity contribution in [2.75, 3.05) is 0 Å². The first-order chi connectivity index (χ1) is 1.41. The number of hydrogen-bond acceptors (Lipinski definition) is 0. The van der Waals surface area contributed by atoms with Gasteiger partial charge in [0.2, 0.25) is 0 Å². The van der Waals surface area contributed by atoms with Gasteiger partial charge >= 0.3 is 0 Å². The van der Waals surface area contributed by atoms with Crippen molar-refractivity contribution in [3.63, 3.8) is 0 Å². The minimum absolute atomic E-state index is 0. The van der Waals surface area contributed by atoms with Crippen LogP contribution in [0.1, 0.15) is 20.3 Å². The fourth-order valence-corrected chi connectivity index (χ4v) is 0. The Kier molecular flexibility index (Phi) is 191. The molecule has 0 atom stereocenters. The van der Waals surface area contributed by atoms with Crippen LogP contribution in [-0.2, 0) is 0 Å². The SMILES string of the molecule is CCC.Cl.Cl.Cl. The van der Waals surface area contributed by atoms with Gasteiger partial charge in [0.15, 0.2) is 0 Å². The summed E-state index contributed by atoms with van der Waals surface area (Å²) in [4.78, 5) is 0. The molecule has 0 amide bonds. The van der Waals surface area contributed by atoms with Crippen LogP contribution < -0.4 is 0 Å². The van der Waals surface area contributed by atoms with Gasteiger partial charge in [-0.25, -0.2) is 0 Å². The molecule has 0 radical (unpaired) electrons. The monoisotopic (exact) mass is 152 g/mol. The quantitative estimate of drug-likeness (QED) is 0.502. The minimum Gasteiger partial charge on any atom is -0.147 e. The molecule has 0 nitrogen and oxygen atoms in total. The van der Waals surface area contributed by atoms with Crippen molar-refractivity contribution in [1.29, 1.82) is 0 Å². The van der Waals surface area contributed by atoms with E-state index in [1.54, 1.807) is 0 Å². The standard InChI is InChI=1S/C3H8.3ClH/c1-3-2;;;/h3H2,1-2H3;3*1H. The van der Waals surface area contributed by atoms with Crippen LogP contribution in [0.3, 0.4) is 0 Å². The maximum atomic E-state index is 2.12. The summed E-state index contributed by atoms with van der Waals surface area (Å²) in [6, 6.07) is 0. The molecule has 0 aliphatic heterocycles. The summed E-state index contributed by atoms with van der Waals surface area (Å²) in [5, 5.41) is 0. The average molecular weight is 153 g/mol. The van der Waals surface area contributed by atoms with Crippen LogP contribution in [0, 0.1) is 0 Å². The van der Waals surface area contributed by atoms with Gasteiger partial charge in [-0.2, -0.15) is 0 Å². The molecule has 0 spiro atoms. The van der Waals surface area contributed by atoms with Crippen LogP contribution in [0.25, 0.3) is 0 Å². The summed E-state index contributed by atoms with van der Waals surface area (Å²) >= 11 is 0. The van der Waals surface area contributed by atoms with Gasteiger partial charge in [-0.1, -0.05) is 20.3 Å².